The predicted molar refractivity (Wildman–Crippen MR) is 122 cm³/mol. The van der Waals surface area contributed by atoms with E-state index in [-0.39, 0.29) is 11.8 Å². The van der Waals surface area contributed by atoms with Crippen LogP contribution in [0.25, 0.3) is 11.1 Å². The van der Waals surface area contributed by atoms with Crippen LogP contribution >= 0.6 is 11.6 Å². The van der Waals surface area contributed by atoms with Gasteiger partial charge in [0.25, 0.3) is 5.91 Å². The van der Waals surface area contributed by atoms with E-state index in [4.69, 9.17) is 11.6 Å². The van der Waals surface area contributed by atoms with Crippen LogP contribution < -0.4 is 10.6 Å². The van der Waals surface area contributed by atoms with Crippen LogP contribution in [0.5, 0.6) is 0 Å². The van der Waals surface area contributed by atoms with E-state index in [1.807, 2.05) is 61.5 Å². The van der Waals surface area contributed by atoms with Crippen molar-refractivity contribution in [2.75, 3.05) is 6.54 Å². The van der Waals surface area contributed by atoms with Gasteiger partial charge in [0.1, 0.15) is 6.04 Å². The monoisotopic (exact) mass is 420 g/mol. The third-order valence-electron chi connectivity index (χ3n) is 4.78. The molecule has 0 aromatic heterocycles. The van der Waals surface area contributed by atoms with Crippen LogP contribution in [-0.2, 0) is 11.2 Å². The van der Waals surface area contributed by atoms with Crippen LogP contribution in [0.15, 0.2) is 78.9 Å². The Hall–Kier alpha value is -3.11. The second-order valence-corrected chi connectivity index (χ2v) is 7.53. The first kappa shape index (κ1) is 21.6. The summed E-state index contributed by atoms with van der Waals surface area (Å²) in [6, 6.07) is 24.0. The van der Waals surface area contributed by atoms with E-state index in [1.165, 1.54) is 0 Å². The lowest BCUT2D eigenvalue weighted by molar-refractivity contribution is -0.122. The molecule has 0 bridgehead atoms. The number of carbonyl (C=O) groups is 2. The molecule has 0 heterocycles. The molecular weight excluding hydrogens is 396 g/mol. The van der Waals surface area contributed by atoms with Crippen LogP contribution in [0, 0.1) is 0 Å². The zero-order valence-corrected chi connectivity index (χ0v) is 17.7. The molecular formula is C25H25ClN2O2. The van der Waals surface area contributed by atoms with Gasteiger partial charge in [0.05, 0.1) is 0 Å². The second-order valence-electron chi connectivity index (χ2n) is 7.09. The molecule has 3 rings (SSSR count). The summed E-state index contributed by atoms with van der Waals surface area (Å²) in [4.78, 5) is 25.4. The van der Waals surface area contributed by atoms with Gasteiger partial charge in [0, 0.05) is 23.6 Å². The van der Waals surface area contributed by atoms with Gasteiger partial charge in [0.2, 0.25) is 5.91 Å². The van der Waals surface area contributed by atoms with Gasteiger partial charge >= 0.3 is 0 Å². The molecule has 0 saturated carbocycles. The largest absolute Gasteiger partial charge is 0.354 e. The number of rotatable bonds is 8. The molecule has 1 unspecified atom stereocenters. The molecule has 0 radical (unpaired) electrons. The minimum atomic E-state index is -0.668. The van der Waals surface area contributed by atoms with E-state index in [0.717, 1.165) is 23.1 Å². The summed E-state index contributed by atoms with van der Waals surface area (Å²) in [5.74, 6) is -0.471. The molecule has 2 N–H and O–H groups in total. The topological polar surface area (TPSA) is 58.2 Å². The van der Waals surface area contributed by atoms with Gasteiger partial charge in [0.15, 0.2) is 0 Å². The minimum Gasteiger partial charge on any atom is -0.354 e. The highest BCUT2D eigenvalue weighted by molar-refractivity contribution is 6.30. The maximum Gasteiger partial charge on any atom is 0.251 e. The minimum absolute atomic E-state index is 0.193. The summed E-state index contributed by atoms with van der Waals surface area (Å²) in [5, 5.41) is 6.38. The molecule has 0 saturated heterocycles. The van der Waals surface area contributed by atoms with Gasteiger partial charge < -0.3 is 10.6 Å². The summed E-state index contributed by atoms with van der Waals surface area (Å²) >= 11 is 5.95. The highest BCUT2D eigenvalue weighted by Crippen LogP contribution is 2.19. The molecule has 154 valence electrons. The fraction of sp³-hybridized carbons (Fsp3) is 0.200. The van der Waals surface area contributed by atoms with Crippen molar-refractivity contribution in [3.05, 3.63) is 95.0 Å². The lowest BCUT2D eigenvalue weighted by atomic mass is 10.0. The Morgan fingerprint density at radius 3 is 2.13 bits per heavy atom. The molecule has 1 atom stereocenters. The molecule has 0 aliphatic heterocycles. The van der Waals surface area contributed by atoms with Gasteiger partial charge in [-0.3, -0.25) is 9.59 Å². The van der Waals surface area contributed by atoms with E-state index in [0.29, 0.717) is 23.6 Å². The summed E-state index contributed by atoms with van der Waals surface area (Å²) in [6.45, 7) is 2.55. The Morgan fingerprint density at radius 1 is 0.867 bits per heavy atom. The zero-order valence-electron chi connectivity index (χ0n) is 16.9. The predicted octanol–water partition coefficient (Wildman–Crippen LogP) is 4.87. The number of benzene rings is 3. The van der Waals surface area contributed by atoms with Crippen molar-refractivity contribution in [3.63, 3.8) is 0 Å². The quantitative estimate of drug-likeness (QED) is 0.546. The molecule has 30 heavy (non-hydrogen) atoms. The maximum atomic E-state index is 12.8. The second kappa shape index (κ2) is 10.6. The molecule has 5 heteroatoms. The first-order chi connectivity index (χ1) is 14.6. The van der Waals surface area contributed by atoms with Crippen molar-refractivity contribution in [3.8, 4) is 11.1 Å². The number of nitrogens with one attached hydrogen (secondary N) is 2. The summed E-state index contributed by atoms with van der Waals surface area (Å²) in [5.41, 5.74) is 3.56. The van der Waals surface area contributed by atoms with Gasteiger partial charge in [-0.05, 0) is 47.4 Å². The highest BCUT2D eigenvalue weighted by Gasteiger charge is 2.21. The van der Waals surface area contributed by atoms with E-state index >= 15 is 0 Å². The SMILES string of the molecule is CCCNC(=O)C(Cc1ccc(Cl)cc1)NC(=O)c1ccc(-c2ccccc2)cc1. The van der Waals surface area contributed by atoms with Crippen LogP contribution in [0.1, 0.15) is 29.3 Å². The fourth-order valence-electron chi connectivity index (χ4n) is 3.12. The van der Waals surface area contributed by atoms with Crippen LogP contribution in [-0.4, -0.2) is 24.4 Å². The lowest BCUT2D eigenvalue weighted by Gasteiger charge is -2.19. The Balaban J connectivity index is 1.73. The molecule has 0 aliphatic rings. The van der Waals surface area contributed by atoms with Crippen molar-refractivity contribution >= 4 is 23.4 Å². The van der Waals surface area contributed by atoms with E-state index in [1.54, 1.807) is 24.3 Å². The lowest BCUT2D eigenvalue weighted by Crippen LogP contribution is -2.48. The average Bonchev–Trinajstić information content (AvgIpc) is 2.79. The van der Waals surface area contributed by atoms with Crippen molar-refractivity contribution in [1.29, 1.82) is 0 Å². The Kier molecular flexibility index (Phi) is 7.63. The fourth-order valence-corrected chi connectivity index (χ4v) is 3.25. The van der Waals surface area contributed by atoms with E-state index in [2.05, 4.69) is 10.6 Å². The molecule has 0 fully saturated rings. The third-order valence-corrected chi connectivity index (χ3v) is 5.03. The number of hydrogen-bond donors (Lipinski definition) is 2. The standard InChI is InChI=1S/C25H25ClN2O2/c1-2-16-27-25(30)23(17-18-8-14-22(26)15-9-18)28-24(29)21-12-10-20(11-13-21)19-6-4-3-5-7-19/h3-15,23H,2,16-17H2,1H3,(H,27,30)(H,28,29). The first-order valence-corrected chi connectivity index (χ1v) is 10.4. The number of halogens is 1. The van der Waals surface area contributed by atoms with Crippen LogP contribution in [0.3, 0.4) is 0 Å². The van der Waals surface area contributed by atoms with Gasteiger partial charge in [-0.25, -0.2) is 0 Å². The van der Waals surface area contributed by atoms with Gasteiger partial charge in [-0.15, -0.1) is 0 Å². The van der Waals surface area contributed by atoms with Gasteiger partial charge in [-0.2, -0.15) is 0 Å². The van der Waals surface area contributed by atoms with Crippen LogP contribution in [0.2, 0.25) is 5.02 Å². The van der Waals surface area contributed by atoms with Crippen molar-refractivity contribution < 1.29 is 9.59 Å². The molecule has 2 amide bonds. The molecule has 3 aromatic carbocycles. The number of amides is 2. The van der Waals surface area contributed by atoms with E-state index in [9.17, 15) is 9.59 Å². The van der Waals surface area contributed by atoms with Crippen LogP contribution in [0.4, 0.5) is 0 Å². The zero-order chi connectivity index (χ0) is 21.3. The average molecular weight is 421 g/mol. The molecule has 0 aliphatic carbocycles. The summed E-state index contributed by atoms with van der Waals surface area (Å²) < 4.78 is 0. The maximum absolute atomic E-state index is 12.8. The molecule has 4 nitrogen and oxygen atoms in total. The van der Waals surface area contributed by atoms with Crippen molar-refractivity contribution in [1.82, 2.24) is 10.6 Å². The Morgan fingerprint density at radius 2 is 1.50 bits per heavy atom. The molecule has 3 aromatic rings. The summed E-state index contributed by atoms with van der Waals surface area (Å²) in [6.07, 6.45) is 1.22. The smallest absolute Gasteiger partial charge is 0.251 e. The number of carbonyl (C=O) groups excluding carboxylic acids is 2. The Bertz CT molecular complexity index is 970. The molecule has 0 spiro atoms. The Labute approximate surface area is 182 Å². The third kappa shape index (κ3) is 5.94. The van der Waals surface area contributed by atoms with Crippen molar-refractivity contribution in [2.24, 2.45) is 0 Å². The van der Waals surface area contributed by atoms with E-state index < -0.39 is 6.04 Å². The highest BCUT2D eigenvalue weighted by atomic mass is 35.5. The van der Waals surface area contributed by atoms with Gasteiger partial charge in [-0.1, -0.05) is 73.1 Å². The summed E-state index contributed by atoms with van der Waals surface area (Å²) in [7, 11) is 0. The van der Waals surface area contributed by atoms with Crippen molar-refractivity contribution in [2.45, 2.75) is 25.8 Å². The normalized spacial score (nSPS) is 11.5. The number of hydrogen-bond acceptors (Lipinski definition) is 2. The first-order valence-electron chi connectivity index (χ1n) is 10.1.